The van der Waals surface area contributed by atoms with E-state index in [1.54, 1.807) is 18.3 Å². The Bertz CT molecular complexity index is 439. The molecule has 0 aromatic carbocycles. The van der Waals surface area contributed by atoms with E-state index in [9.17, 15) is 9.59 Å². The second kappa shape index (κ2) is 6.97. The number of amides is 1. The van der Waals surface area contributed by atoms with Gasteiger partial charge in [-0.25, -0.2) is 9.78 Å². The smallest absolute Gasteiger partial charge is 0.332 e. The van der Waals surface area contributed by atoms with Gasteiger partial charge in [0.1, 0.15) is 5.03 Å². The Hall–Kier alpha value is -1.60. The Morgan fingerprint density at radius 3 is 2.89 bits per heavy atom. The van der Waals surface area contributed by atoms with Crippen LogP contribution in [0.15, 0.2) is 23.4 Å². The maximum Gasteiger partial charge on any atom is 0.332 e. The van der Waals surface area contributed by atoms with Crippen LogP contribution in [-0.2, 0) is 4.79 Å². The fourth-order valence-electron chi connectivity index (χ4n) is 1.27. The summed E-state index contributed by atoms with van der Waals surface area (Å²) < 4.78 is 0. The summed E-state index contributed by atoms with van der Waals surface area (Å²) in [5.41, 5.74) is 0.440. The molecular weight excluding hydrogens is 256 g/mol. The van der Waals surface area contributed by atoms with Gasteiger partial charge in [0, 0.05) is 19.2 Å². The average Bonchev–Trinajstić information content (AvgIpc) is 2.38. The molecule has 7 heteroatoms. The number of thioether (sulfide) groups is 1. The summed E-state index contributed by atoms with van der Waals surface area (Å²) in [6.07, 6.45) is 1.92. The number of aliphatic hydroxyl groups excluding tert-OH is 1. The fourth-order valence-corrected chi connectivity index (χ4v) is 1.81. The first-order valence-corrected chi connectivity index (χ1v) is 6.46. The van der Waals surface area contributed by atoms with Gasteiger partial charge in [-0.15, -0.1) is 11.8 Å². The summed E-state index contributed by atoms with van der Waals surface area (Å²) in [7, 11) is 0. The van der Waals surface area contributed by atoms with E-state index in [1.807, 2.05) is 6.26 Å². The maximum atomic E-state index is 11.8. The van der Waals surface area contributed by atoms with E-state index in [0.717, 1.165) is 0 Å². The van der Waals surface area contributed by atoms with Crippen molar-refractivity contribution < 1.29 is 19.8 Å². The van der Waals surface area contributed by atoms with Crippen LogP contribution in [0.25, 0.3) is 0 Å². The standard InChI is InChI=1S/C11H14N2O4S/c1-18-10-7(3-2-5-13-10)9(15)12-6-4-8(14)11(16)17/h2-3,5,8,14H,4,6H2,1H3,(H,12,15)(H,16,17). The third kappa shape index (κ3) is 4.01. The van der Waals surface area contributed by atoms with Gasteiger partial charge in [-0.2, -0.15) is 0 Å². The van der Waals surface area contributed by atoms with Crippen molar-refractivity contribution in [3.8, 4) is 0 Å². The fraction of sp³-hybridized carbons (Fsp3) is 0.364. The van der Waals surface area contributed by atoms with E-state index in [2.05, 4.69) is 10.3 Å². The zero-order valence-electron chi connectivity index (χ0n) is 9.79. The highest BCUT2D eigenvalue weighted by atomic mass is 32.2. The number of pyridine rings is 1. The largest absolute Gasteiger partial charge is 0.479 e. The van der Waals surface area contributed by atoms with E-state index >= 15 is 0 Å². The van der Waals surface area contributed by atoms with Gasteiger partial charge >= 0.3 is 5.97 Å². The zero-order valence-corrected chi connectivity index (χ0v) is 10.6. The molecule has 1 amide bonds. The molecule has 18 heavy (non-hydrogen) atoms. The highest BCUT2D eigenvalue weighted by molar-refractivity contribution is 7.98. The van der Waals surface area contributed by atoms with Crippen LogP contribution in [0, 0.1) is 0 Å². The third-order valence-electron chi connectivity index (χ3n) is 2.20. The lowest BCUT2D eigenvalue weighted by Crippen LogP contribution is -2.30. The molecule has 1 aromatic heterocycles. The van der Waals surface area contributed by atoms with Crippen molar-refractivity contribution >= 4 is 23.6 Å². The number of nitrogens with one attached hydrogen (secondary N) is 1. The summed E-state index contributed by atoms with van der Waals surface area (Å²) in [6, 6.07) is 3.29. The van der Waals surface area contributed by atoms with Crippen LogP contribution < -0.4 is 5.32 Å². The number of hydrogen-bond donors (Lipinski definition) is 3. The summed E-state index contributed by atoms with van der Waals surface area (Å²) in [6.45, 7) is 0.0923. The predicted octanol–water partition coefficient (Wildman–Crippen LogP) is 0.369. The SMILES string of the molecule is CSc1ncccc1C(=O)NCCC(O)C(=O)O. The van der Waals surface area contributed by atoms with Crippen molar-refractivity contribution in [1.29, 1.82) is 0 Å². The molecule has 1 rings (SSSR count). The minimum absolute atomic E-state index is 0.0318. The summed E-state index contributed by atoms with van der Waals surface area (Å²) >= 11 is 1.35. The molecule has 0 aliphatic carbocycles. The first-order valence-electron chi connectivity index (χ1n) is 5.24. The Morgan fingerprint density at radius 2 is 2.28 bits per heavy atom. The second-order valence-corrected chi connectivity index (χ2v) is 4.25. The predicted molar refractivity (Wildman–Crippen MR) is 66.6 cm³/mol. The van der Waals surface area contributed by atoms with E-state index < -0.39 is 12.1 Å². The van der Waals surface area contributed by atoms with Crippen molar-refractivity contribution in [1.82, 2.24) is 10.3 Å². The van der Waals surface area contributed by atoms with E-state index in [0.29, 0.717) is 10.6 Å². The van der Waals surface area contributed by atoms with Crippen molar-refractivity contribution in [2.75, 3.05) is 12.8 Å². The average molecular weight is 270 g/mol. The number of carboxylic acid groups (broad SMARTS) is 1. The van der Waals surface area contributed by atoms with Crippen molar-refractivity contribution in [2.45, 2.75) is 17.6 Å². The van der Waals surface area contributed by atoms with Crippen LogP contribution in [0.5, 0.6) is 0 Å². The number of aliphatic hydroxyl groups is 1. The molecule has 1 aromatic rings. The normalized spacial score (nSPS) is 11.9. The zero-order chi connectivity index (χ0) is 13.5. The minimum atomic E-state index is -1.46. The molecule has 6 nitrogen and oxygen atoms in total. The highest BCUT2D eigenvalue weighted by Crippen LogP contribution is 2.16. The maximum absolute atomic E-state index is 11.8. The molecular formula is C11H14N2O4S. The Kier molecular flexibility index (Phi) is 5.60. The lowest BCUT2D eigenvalue weighted by molar-refractivity contribution is -0.146. The number of hydrogen-bond acceptors (Lipinski definition) is 5. The lowest BCUT2D eigenvalue weighted by Gasteiger charge is -2.09. The van der Waals surface area contributed by atoms with Crippen LogP contribution in [-0.4, -0.2) is 46.0 Å². The molecule has 0 spiro atoms. The Labute approximate surface area is 108 Å². The first-order chi connectivity index (χ1) is 8.56. The molecule has 0 aliphatic rings. The van der Waals surface area contributed by atoms with Gasteiger partial charge in [-0.3, -0.25) is 4.79 Å². The molecule has 0 aliphatic heterocycles. The van der Waals surface area contributed by atoms with Gasteiger partial charge in [-0.1, -0.05) is 0 Å². The molecule has 0 bridgehead atoms. The minimum Gasteiger partial charge on any atom is -0.479 e. The topological polar surface area (TPSA) is 99.5 Å². The quantitative estimate of drug-likeness (QED) is 0.646. The van der Waals surface area contributed by atoms with E-state index in [-0.39, 0.29) is 18.9 Å². The molecule has 98 valence electrons. The van der Waals surface area contributed by atoms with E-state index in [1.165, 1.54) is 11.8 Å². The molecule has 0 saturated heterocycles. The van der Waals surface area contributed by atoms with Crippen LogP contribution >= 0.6 is 11.8 Å². The van der Waals surface area contributed by atoms with Crippen molar-refractivity contribution in [3.63, 3.8) is 0 Å². The summed E-state index contributed by atoms with van der Waals surface area (Å²) in [5.74, 6) is -1.62. The molecule has 0 radical (unpaired) electrons. The van der Waals surface area contributed by atoms with Gasteiger partial charge in [0.2, 0.25) is 0 Å². The van der Waals surface area contributed by atoms with Gasteiger partial charge in [0.15, 0.2) is 6.10 Å². The number of carbonyl (C=O) groups excluding carboxylic acids is 1. The van der Waals surface area contributed by atoms with Crippen LogP contribution in [0.2, 0.25) is 0 Å². The number of carboxylic acids is 1. The van der Waals surface area contributed by atoms with Crippen LogP contribution in [0.3, 0.4) is 0 Å². The lowest BCUT2D eigenvalue weighted by atomic mass is 10.2. The van der Waals surface area contributed by atoms with E-state index in [4.69, 9.17) is 10.2 Å². The summed E-state index contributed by atoms with van der Waals surface area (Å²) in [4.78, 5) is 26.2. The van der Waals surface area contributed by atoms with Crippen LogP contribution in [0.1, 0.15) is 16.8 Å². The molecule has 0 fully saturated rings. The Balaban J connectivity index is 2.53. The van der Waals surface area contributed by atoms with Crippen molar-refractivity contribution in [3.05, 3.63) is 23.9 Å². The van der Waals surface area contributed by atoms with Gasteiger partial charge in [0.25, 0.3) is 5.91 Å². The van der Waals surface area contributed by atoms with Crippen LogP contribution in [0.4, 0.5) is 0 Å². The first kappa shape index (κ1) is 14.5. The number of aliphatic carboxylic acids is 1. The molecule has 0 saturated carbocycles. The molecule has 1 unspecified atom stereocenters. The number of rotatable bonds is 6. The number of nitrogens with zero attached hydrogens (tertiary/aromatic N) is 1. The highest BCUT2D eigenvalue weighted by Gasteiger charge is 2.15. The molecule has 3 N–H and O–H groups in total. The van der Waals surface area contributed by atoms with Gasteiger partial charge in [0.05, 0.1) is 5.56 Å². The summed E-state index contributed by atoms with van der Waals surface area (Å²) in [5, 5.41) is 20.7. The van der Waals surface area contributed by atoms with Crippen molar-refractivity contribution in [2.24, 2.45) is 0 Å². The molecule has 1 heterocycles. The second-order valence-electron chi connectivity index (χ2n) is 3.46. The monoisotopic (exact) mass is 270 g/mol. The number of aromatic nitrogens is 1. The van der Waals surface area contributed by atoms with Gasteiger partial charge in [-0.05, 0) is 18.4 Å². The third-order valence-corrected chi connectivity index (χ3v) is 2.91. The molecule has 1 atom stereocenters. The van der Waals surface area contributed by atoms with Gasteiger partial charge < -0.3 is 15.5 Å². The number of carbonyl (C=O) groups is 2. The Morgan fingerprint density at radius 1 is 1.56 bits per heavy atom.